The highest BCUT2D eigenvalue weighted by Gasteiger charge is 2.08. The molecule has 0 saturated carbocycles. The number of anilines is 3. The lowest BCUT2D eigenvalue weighted by molar-refractivity contribution is 0.0963. The Kier molecular flexibility index (Phi) is 3.84. The predicted molar refractivity (Wildman–Crippen MR) is 73.9 cm³/mol. The van der Waals surface area contributed by atoms with Crippen LogP contribution in [0.25, 0.3) is 0 Å². The summed E-state index contributed by atoms with van der Waals surface area (Å²) in [6.45, 7) is 0. The number of nitrogens with one attached hydrogen (secondary N) is 2. The summed E-state index contributed by atoms with van der Waals surface area (Å²) in [5.74, 6) is -2.12. The van der Waals surface area contributed by atoms with Gasteiger partial charge in [-0.25, -0.2) is 8.78 Å². The van der Waals surface area contributed by atoms with Gasteiger partial charge in [0.15, 0.2) is 11.6 Å². The first-order valence-electron chi connectivity index (χ1n) is 5.85. The summed E-state index contributed by atoms with van der Waals surface area (Å²) < 4.78 is 25.9. The van der Waals surface area contributed by atoms with E-state index < -0.39 is 11.6 Å². The van der Waals surface area contributed by atoms with Gasteiger partial charge in [-0.05, 0) is 30.3 Å². The standard InChI is InChI=1S/C14H13F2N3O/c1-18-14(20)8-2-5-13(12(17)6-8)19-9-3-4-10(15)11(16)7-9/h2-7,19H,17H2,1H3,(H,18,20). The van der Waals surface area contributed by atoms with Crippen molar-refractivity contribution in [1.29, 1.82) is 0 Å². The Morgan fingerprint density at radius 1 is 1.10 bits per heavy atom. The van der Waals surface area contributed by atoms with Gasteiger partial charge in [0, 0.05) is 24.4 Å². The fourth-order valence-corrected chi connectivity index (χ4v) is 1.69. The maximum atomic E-state index is 13.1. The molecule has 0 atom stereocenters. The summed E-state index contributed by atoms with van der Waals surface area (Å²) in [5, 5.41) is 5.35. The zero-order chi connectivity index (χ0) is 14.7. The molecule has 0 fully saturated rings. The van der Waals surface area contributed by atoms with Gasteiger partial charge in [0.25, 0.3) is 5.91 Å². The lowest BCUT2D eigenvalue weighted by atomic mass is 10.1. The molecule has 0 aromatic heterocycles. The molecular weight excluding hydrogens is 264 g/mol. The third-order valence-electron chi connectivity index (χ3n) is 2.74. The highest BCUT2D eigenvalue weighted by molar-refractivity contribution is 5.96. The average molecular weight is 277 g/mol. The maximum Gasteiger partial charge on any atom is 0.251 e. The van der Waals surface area contributed by atoms with E-state index in [4.69, 9.17) is 5.73 Å². The zero-order valence-corrected chi connectivity index (χ0v) is 10.7. The second-order valence-corrected chi connectivity index (χ2v) is 4.14. The first-order valence-corrected chi connectivity index (χ1v) is 5.85. The summed E-state index contributed by atoms with van der Waals surface area (Å²) in [6.07, 6.45) is 0. The van der Waals surface area contributed by atoms with E-state index in [0.717, 1.165) is 12.1 Å². The van der Waals surface area contributed by atoms with Crippen molar-refractivity contribution in [3.8, 4) is 0 Å². The molecule has 4 N–H and O–H groups in total. The van der Waals surface area contributed by atoms with Gasteiger partial charge in [0.1, 0.15) is 0 Å². The molecule has 2 aromatic carbocycles. The van der Waals surface area contributed by atoms with Crippen molar-refractivity contribution < 1.29 is 13.6 Å². The van der Waals surface area contributed by atoms with Crippen LogP contribution in [0.4, 0.5) is 25.8 Å². The van der Waals surface area contributed by atoms with E-state index in [1.807, 2.05) is 0 Å². The third-order valence-corrected chi connectivity index (χ3v) is 2.74. The summed E-state index contributed by atoms with van der Waals surface area (Å²) in [4.78, 5) is 11.4. The van der Waals surface area contributed by atoms with Crippen molar-refractivity contribution in [2.24, 2.45) is 0 Å². The Balaban J connectivity index is 2.25. The van der Waals surface area contributed by atoms with Crippen molar-refractivity contribution in [2.45, 2.75) is 0 Å². The van der Waals surface area contributed by atoms with E-state index in [-0.39, 0.29) is 5.91 Å². The van der Waals surface area contributed by atoms with Crippen LogP contribution < -0.4 is 16.4 Å². The zero-order valence-electron chi connectivity index (χ0n) is 10.7. The number of halogens is 2. The lowest BCUT2D eigenvalue weighted by Gasteiger charge is -2.11. The van der Waals surface area contributed by atoms with Crippen LogP contribution >= 0.6 is 0 Å². The number of amides is 1. The molecule has 2 rings (SSSR count). The minimum Gasteiger partial charge on any atom is -0.397 e. The highest BCUT2D eigenvalue weighted by atomic mass is 19.2. The van der Waals surface area contributed by atoms with Crippen molar-refractivity contribution >= 4 is 23.0 Å². The maximum absolute atomic E-state index is 13.1. The van der Waals surface area contributed by atoms with E-state index in [1.165, 1.54) is 19.2 Å². The molecular formula is C14H13F2N3O. The number of benzene rings is 2. The molecule has 0 aliphatic rings. The minimum atomic E-state index is -0.949. The van der Waals surface area contributed by atoms with E-state index in [2.05, 4.69) is 10.6 Å². The van der Waals surface area contributed by atoms with Crippen LogP contribution in [0, 0.1) is 11.6 Å². The lowest BCUT2D eigenvalue weighted by Crippen LogP contribution is -2.17. The summed E-state index contributed by atoms with van der Waals surface area (Å²) in [5.41, 5.74) is 7.43. The van der Waals surface area contributed by atoms with Crippen LogP contribution in [-0.4, -0.2) is 13.0 Å². The molecule has 0 saturated heterocycles. The van der Waals surface area contributed by atoms with Crippen molar-refractivity contribution in [2.75, 3.05) is 18.1 Å². The number of carbonyl (C=O) groups excluding carboxylic acids is 1. The molecule has 0 spiro atoms. The Morgan fingerprint density at radius 2 is 1.85 bits per heavy atom. The predicted octanol–water partition coefficient (Wildman–Crippen LogP) is 2.65. The molecule has 0 radical (unpaired) electrons. The number of hydrogen-bond donors (Lipinski definition) is 3. The molecule has 0 heterocycles. The normalized spacial score (nSPS) is 10.2. The Hall–Kier alpha value is -2.63. The summed E-state index contributed by atoms with van der Waals surface area (Å²) in [7, 11) is 1.52. The van der Waals surface area contributed by atoms with Crippen LogP contribution in [0.15, 0.2) is 36.4 Å². The van der Waals surface area contributed by atoms with Crippen LogP contribution in [-0.2, 0) is 0 Å². The van der Waals surface area contributed by atoms with E-state index >= 15 is 0 Å². The van der Waals surface area contributed by atoms with Gasteiger partial charge in [-0.15, -0.1) is 0 Å². The van der Waals surface area contributed by atoms with Gasteiger partial charge in [-0.1, -0.05) is 0 Å². The first kappa shape index (κ1) is 13.8. The topological polar surface area (TPSA) is 67.2 Å². The van der Waals surface area contributed by atoms with Crippen LogP contribution in [0.1, 0.15) is 10.4 Å². The Morgan fingerprint density at radius 3 is 2.45 bits per heavy atom. The highest BCUT2D eigenvalue weighted by Crippen LogP contribution is 2.25. The van der Waals surface area contributed by atoms with Crippen molar-refractivity contribution in [1.82, 2.24) is 5.32 Å². The quantitative estimate of drug-likeness (QED) is 0.755. The molecule has 0 bridgehead atoms. The van der Waals surface area contributed by atoms with Gasteiger partial charge >= 0.3 is 0 Å². The Labute approximate surface area is 114 Å². The molecule has 20 heavy (non-hydrogen) atoms. The van der Waals surface area contributed by atoms with Crippen molar-refractivity contribution in [3.63, 3.8) is 0 Å². The van der Waals surface area contributed by atoms with Crippen molar-refractivity contribution in [3.05, 3.63) is 53.6 Å². The molecule has 104 valence electrons. The SMILES string of the molecule is CNC(=O)c1ccc(Nc2ccc(F)c(F)c2)c(N)c1. The summed E-state index contributed by atoms with van der Waals surface area (Å²) >= 11 is 0. The molecule has 0 aliphatic heterocycles. The molecule has 1 amide bonds. The van der Waals surface area contributed by atoms with Gasteiger partial charge in [-0.3, -0.25) is 4.79 Å². The monoisotopic (exact) mass is 277 g/mol. The number of nitrogen functional groups attached to an aromatic ring is 1. The van der Waals surface area contributed by atoms with Gasteiger partial charge in [0.2, 0.25) is 0 Å². The second kappa shape index (κ2) is 5.56. The fraction of sp³-hybridized carbons (Fsp3) is 0.0714. The number of hydrogen-bond acceptors (Lipinski definition) is 3. The molecule has 0 aliphatic carbocycles. The first-order chi connectivity index (χ1) is 9.51. The summed E-state index contributed by atoms with van der Waals surface area (Å²) in [6, 6.07) is 8.12. The van der Waals surface area contributed by atoms with Gasteiger partial charge < -0.3 is 16.4 Å². The fourth-order valence-electron chi connectivity index (χ4n) is 1.69. The van der Waals surface area contributed by atoms with Crippen LogP contribution in [0.2, 0.25) is 0 Å². The van der Waals surface area contributed by atoms with Gasteiger partial charge in [-0.2, -0.15) is 0 Å². The van der Waals surface area contributed by atoms with E-state index in [1.54, 1.807) is 12.1 Å². The molecule has 6 heteroatoms. The van der Waals surface area contributed by atoms with Crippen LogP contribution in [0.5, 0.6) is 0 Å². The average Bonchev–Trinajstić information content (AvgIpc) is 2.44. The largest absolute Gasteiger partial charge is 0.397 e. The second-order valence-electron chi connectivity index (χ2n) is 4.14. The van der Waals surface area contributed by atoms with Gasteiger partial charge in [0.05, 0.1) is 11.4 Å². The van der Waals surface area contributed by atoms with E-state index in [0.29, 0.717) is 22.6 Å². The molecule has 0 unspecified atom stereocenters. The number of carbonyl (C=O) groups is 1. The number of rotatable bonds is 3. The third kappa shape index (κ3) is 2.85. The van der Waals surface area contributed by atoms with E-state index in [9.17, 15) is 13.6 Å². The molecule has 2 aromatic rings. The minimum absolute atomic E-state index is 0.254. The number of nitrogens with two attached hydrogens (primary N) is 1. The Bertz CT molecular complexity index is 659. The molecule has 4 nitrogen and oxygen atoms in total. The smallest absolute Gasteiger partial charge is 0.251 e. The van der Waals surface area contributed by atoms with Crippen LogP contribution in [0.3, 0.4) is 0 Å².